The largest absolute Gasteiger partial charge is 0.508 e. The molecule has 0 spiro atoms. The van der Waals surface area contributed by atoms with Gasteiger partial charge in [0.05, 0.1) is 0 Å². The Bertz CT molecular complexity index is 970. The van der Waals surface area contributed by atoms with E-state index in [9.17, 15) is 10.2 Å². The van der Waals surface area contributed by atoms with Gasteiger partial charge in [0.1, 0.15) is 11.9 Å². The highest BCUT2D eigenvalue weighted by atomic mass is 16.3. The molecule has 0 bridgehead atoms. The maximum absolute atomic E-state index is 10.7. The van der Waals surface area contributed by atoms with Crippen LogP contribution in [0.25, 0.3) is 0 Å². The van der Waals surface area contributed by atoms with Crippen molar-refractivity contribution in [2.75, 3.05) is 0 Å². The van der Waals surface area contributed by atoms with Crippen LogP contribution in [0, 0.1) is 31.1 Å². The number of rotatable bonds is 10. The van der Waals surface area contributed by atoms with Crippen LogP contribution in [-0.4, -0.2) is 16.3 Å². The molecular weight excluding hydrogens is 404 g/mol. The van der Waals surface area contributed by atoms with Crippen LogP contribution in [0.2, 0.25) is 0 Å². The Morgan fingerprint density at radius 1 is 0.848 bits per heavy atom. The van der Waals surface area contributed by atoms with Crippen molar-refractivity contribution in [3.05, 3.63) is 64.2 Å². The lowest BCUT2D eigenvalue weighted by molar-refractivity contribution is 0.0889. The summed E-state index contributed by atoms with van der Waals surface area (Å²) in [5.74, 6) is 6.73. The van der Waals surface area contributed by atoms with Crippen LogP contribution in [0.4, 0.5) is 0 Å². The van der Waals surface area contributed by atoms with Gasteiger partial charge >= 0.3 is 0 Å². The van der Waals surface area contributed by atoms with Crippen molar-refractivity contribution in [1.82, 2.24) is 0 Å². The average molecular weight is 449 g/mol. The number of phenols is 1. The molecule has 0 aliphatic heterocycles. The molecule has 2 N–H and O–H groups in total. The normalized spacial score (nSPS) is 12.8. The second kappa shape index (κ2) is 11.8. The van der Waals surface area contributed by atoms with E-state index in [2.05, 4.69) is 83.7 Å². The lowest BCUT2D eigenvalue weighted by Crippen LogP contribution is -2.28. The van der Waals surface area contributed by atoms with E-state index in [0.717, 1.165) is 42.4 Å². The van der Waals surface area contributed by atoms with Crippen molar-refractivity contribution < 1.29 is 10.2 Å². The summed E-state index contributed by atoms with van der Waals surface area (Å²) >= 11 is 0. The third kappa shape index (κ3) is 6.42. The van der Waals surface area contributed by atoms with Crippen molar-refractivity contribution >= 4 is 0 Å². The number of aromatic hydroxyl groups is 1. The van der Waals surface area contributed by atoms with Gasteiger partial charge in [0.15, 0.2) is 0 Å². The monoisotopic (exact) mass is 448 g/mol. The Labute approximate surface area is 202 Å². The van der Waals surface area contributed by atoms with Crippen LogP contribution in [0.15, 0.2) is 36.4 Å². The minimum absolute atomic E-state index is 0.102. The molecule has 1 unspecified atom stereocenters. The highest BCUT2D eigenvalue weighted by molar-refractivity contribution is 5.49. The third-order valence-corrected chi connectivity index (χ3v) is 7.49. The van der Waals surface area contributed by atoms with Gasteiger partial charge in [0.25, 0.3) is 0 Å². The van der Waals surface area contributed by atoms with Gasteiger partial charge in [-0.05, 0) is 67.5 Å². The van der Waals surface area contributed by atoms with Crippen molar-refractivity contribution in [1.29, 1.82) is 0 Å². The Kier molecular flexibility index (Phi) is 9.62. The van der Waals surface area contributed by atoms with E-state index < -0.39 is 6.10 Å². The fraction of sp³-hybridized carbons (Fsp3) is 0.548. The molecule has 0 heterocycles. The van der Waals surface area contributed by atoms with Gasteiger partial charge in [-0.2, -0.15) is 0 Å². The Morgan fingerprint density at radius 3 is 2.00 bits per heavy atom. The second-order valence-electron chi connectivity index (χ2n) is 10.3. The summed E-state index contributed by atoms with van der Waals surface area (Å²) in [5, 5.41) is 20.8. The number of aliphatic hydroxyl groups excluding tert-OH is 1. The predicted octanol–water partition coefficient (Wildman–Crippen LogP) is 7.82. The van der Waals surface area contributed by atoms with Crippen LogP contribution < -0.4 is 0 Å². The molecule has 2 aromatic rings. The maximum Gasteiger partial charge on any atom is 0.120 e. The highest BCUT2D eigenvalue weighted by Gasteiger charge is 2.31. The molecule has 180 valence electrons. The van der Waals surface area contributed by atoms with Gasteiger partial charge in [-0.1, -0.05) is 96.4 Å². The second-order valence-corrected chi connectivity index (χ2v) is 10.3. The molecule has 0 aromatic heterocycles. The summed E-state index contributed by atoms with van der Waals surface area (Å²) in [6.45, 7) is 15.0. The van der Waals surface area contributed by atoms with E-state index in [4.69, 9.17) is 0 Å². The van der Waals surface area contributed by atoms with E-state index in [-0.39, 0.29) is 10.8 Å². The van der Waals surface area contributed by atoms with Gasteiger partial charge in [-0.3, -0.25) is 0 Å². The van der Waals surface area contributed by atoms with Crippen LogP contribution in [0.5, 0.6) is 5.75 Å². The minimum atomic E-state index is -0.636. The molecule has 0 aliphatic rings. The van der Waals surface area contributed by atoms with Crippen LogP contribution >= 0.6 is 0 Å². The first-order valence-corrected chi connectivity index (χ1v) is 12.7. The number of phenolic OH excluding ortho intramolecular Hbond substituents is 1. The summed E-state index contributed by atoms with van der Waals surface area (Å²) in [6.07, 6.45) is 7.14. The van der Waals surface area contributed by atoms with E-state index in [1.54, 1.807) is 0 Å². The molecule has 2 aromatic carbocycles. The molecular formula is C31H44O2. The zero-order chi connectivity index (χ0) is 24.6. The Hall–Kier alpha value is -2.24. The Morgan fingerprint density at radius 2 is 1.45 bits per heavy atom. The number of aliphatic hydroxyl groups is 1. The van der Waals surface area contributed by atoms with Crippen molar-refractivity contribution in [2.45, 2.75) is 105 Å². The number of aryl methyl sites for hydroxylation is 2. The molecule has 1 atom stereocenters. The quantitative estimate of drug-likeness (QED) is 0.287. The first-order valence-electron chi connectivity index (χ1n) is 12.7. The molecule has 0 saturated carbocycles. The van der Waals surface area contributed by atoms with E-state index in [1.165, 1.54) is 30.4 Å². The van der Waals surface area contributed by atoms with Crippen LogP contribution in [-0.2, 0) is 5.41 Å². The molecule has 33 heavy (non-hydrogen) atoms. The molecule has 0 radical (unpaired) electrons. The van der Waals surface area contributed by atoms with Crippen molar-refractivity contribution in [2.24, 2.45) is 5.41 Å². The number of hydrogen-bond acceptors (Lipinski definition) is 2. The van der Waals surface area contributed by atoms with E-state index >= 15 is 0 Å². The summed E-state index contributed by atoms with van der Waals surface area (Å²) in [5.41, 5.74) is 5.22. The van der Waals surface area contributed by atoms with Crippen molar-refractivity contribution in [3.8, 4) is 17.6 Å². The SMILES string of the molecule is CCCCCCC(C)(C)C(O)C#Cc1ccc(C(CC)(CC)c2ccc(O)c(C)c2)cc1C. The van der Waals surface area contributed by atoms with Crippen molar-refractivity contribution in [3.63, 3.8) is 0 Å². The summed E-state index contributed by atoms with van der Waals surface area (Å²) in [7, 11) is 0. The zero-order valence-electron chi connectivity index (χ0n) is 21.9. The molecule has 0 fully saturated rings. The fourth-order valence-electron chi connectivity index (χ4n) is 4.77. The molecule has 2 heteroatoms. The van der Waals surface area contributed by atoms with Gasteiger partial charge in [0.2, 0.25) is 0 Å². The maximum atomic E-state index is 10.7. The average Bonchev–Trinajstić information content (AvgIpc) is 2.79. The molecule has 2 nitrogen and oxygen atoms in total. The van der Waals surface area contributed by atoms with Gasteiger partial charge in [0, 0.05) is 16.4 Å². The Balaban J connectivity index is 2.29. The smallest absolute Gasteiger partial charge is 0.120 e. The fourth-order valence-corrected chi connectivity index (χ4v) is 4.77. The lowest BCUT2D eigenvalue weighted by Gasteiger charge is -2.34. The van der Waals surface area contributed by atoms with Gasteiger partial charge in [-0.15, -0.1) is 0 Å². The van der Waals surface area contributed by atoms with Crippen LogP contribution in [0.1, 0.15) is 107 Å². The predicted molar refractivity (Wildman–Crippen MR) is 141 cm³/mol. The number of unbranched alkanes of at least 4 members (excludes halogenated alkanes) is 3. The third-order valence-electron chi connectivity index (χ3n) is 7.49. The number of hydrogen-bond donors (Lipinski definition) is 2. The van der Waals surface area contributed by atoms with Gasteiger partial charge in [-0.25, -0.2) is 0 Å². The first-order chi connectivity index (χ1) is 15.6. The van der Waals surface area contributed by atoms with E-state index in [1.807, 2.05) is 13.0 Å². The first kappa shape index (κ1) is 27.0. The van der Waals surface area contributed by atoms with Gasteiger partial charge < -0.3 is 10.2 Å². The standard InChI is InChI=1S/C31H44O2/c1-8-11-12-13-20-30(6,7)29(33)19-15-25-14-16-26(21-23(25)4)31(9-2,10-3)27-17-18-28(32)24(5)22-27/h14,16-18,21-22,29,32-33H,8-13,20H2,1-7H3. The highest BCUT2D eigenvalue weighted by Crippen LogP contribution is 2.40. The minimum Gasteiger partial charge on any atom is -0.508 e. The summed E-state index contributed by atoms with van der Waals surface area (Å²) in [4.78, 5) is 0. The zero-order valence-corrected chi connectivity index (χ0v) is 21.9. The lowest BCUT2D eigenvalue weighted by atomic mass is 9.70. The molecule has 0 saturated heterocycles. The topological polar surface area (TPSA) is 40.5 Å². The summed E-state index contributed by atoms with van der Waals surface area (Å²) < 4.78 is 0. The van der Waals surface area contributed by atoms with E-state index in [0.29, 0.717) is 5.75 Å². The molecule has 0 amide bonds. The summed E-state index contributed by atoms with van der Waals surface area (Å²) in [6, 6.07) is 12.5. The van der Waals surface area contributed by atoms with Crippen LogP contribution in [0.3, 0.4) is 0 Å². The molecule has 2 rings (SSSR count). The number of benzene rings is 2. The molecule has 0 aliphatic carbocycles.